The molecule has 5 aromatic rings. The highest BCUT2D eigenvalue weighted by Crippen LogP contribution is 2.28. The lowest BCUT2D eigenvalue weighted by atomic mass is 9.96. The summed E-state index contributed by atoms with van der Waals surface area (Å²) < 4.78 is 0. The summed E-state index contributed by atoms with van der Waals surface area (Å²) in [6.45, 7) is 2.79. The van der Waals surface area contributed by atoms with Gasteiger partial charge in [0.2, 0.25) is 0 Å². The third-order valence-electron chi connectivity index (χ3n) is 6.10. The van der Waals surface area contributed by atoms with Gasteiger partial charge >= 0.3 is 0 Å². The Labute approximate surface area is 198 Å². The first-order chi connectivity index (χ1) is 16.7. The molecule has 5 nitrogen and oxygen atoms in total. The fourth-order valence-electron chi connectivity index (χ4n) is 4.23. The van der Waals surface area contributed by atoms with E-state index in [2.05, 4.69) is 51.5 Å². The lowest BCUT2D eigenvalue weighted by Crippen LogP contribution is -2.30. The average molecular weight is 447 g/mol. The zero-order valence-corrected chi connectivity index (χ0v) is 19.0. The van der Waals surface area contributed by atoms with Gasteiger partial charge in [-0.3, -0.25) is 4.79 Å². The van der Waals surface area contributed by atoms with Crippen LogP contribution < -0.4 is 5.32 Å². The Bertz CT molecular complexity index is 1390. The number of benzene rings is 3. The van der Waals surface area contributed by atoms with Crippen molar-refractivity contribution in [1.29, 1.82) is 0 Å². The number of hydrogen-bond acceptors (Lipinski definition) is 4. The Hall–Kier alpha value is -4.09. The molecule has 0 unspecified atom stereocenters. The van der Waals surface area contributed by atoms with Gasteiger partial charge in [0.25, 0.3) is 0 Å². The van der Waals surface area contributed by atoms with Gasteiger partial charge in [-0.05, 0) is 36.6 Å². The highest BCUT2D eigenvalue weighted by molar-refractivity contribution is 6.11. The topological polar surface area (TPSA) is 70.7 Å². The zero-order valence-electron chi connectivity index (χ0n) is 19.0. The van der Waals surface area contributed by atoms with Crippen molar-refractivity contribution in [2.24, 2.45) is 0 Å². The molecule has 2 heterocycles. The van der Waals surface area contributed by atoms with Crippen molar-refractivity contribution in [1.82, 2.24) is 20.3 Å². The number of aryl methyl sites for hydroxylation is 1. The lowest BCUT2D eigenvalue weighted by molar-refractivity contribution is 0.0945. The first kappa shape index (κ1) is 21.7. The summed E-state index contributed by atoms with van der Waals surface area (Å²) in [6, 6.07) is 25.9. The number of fused-ring (bicyclic) bond motifs is 1. The number of aromatic nitrogens is 3. The zero-order chi connectivity index (χ0) is 23.3. The van der Waals surface area contributed by atoms with Crippen molar-refractivity contribution < 1.29 is 4.79 Å². The highest BCUT2D eigenvalue weighted by atomic mass is 16.1. The van der Waals surface area contributed by atoms with Gasteiger partial charge in [-0.2, -0.15) is 0 Å². The number of Topliss-reactive ketones (excluding diaryl/α,β-unsaturated/α-hetero) is 1. The number of ketones is 1. The standard InChI is InChI=1S/C29H26N4O/c1-20-7-9-21(10-8-20)13-16-31-28(22-5-3-2-4-6-22)29(34)25-18-32-27-17-23(11-12-24(25)27)26-14-15-30-19-33-26/h2-12,14-15,17-19,28,31-32H,13,16H2,1H3/t28-/m0/s1. The van der Waals surface area contributed by atoms with E-state index in [-0.39, 0.29) is 5.78 Å². The number of aromatic amines is 1. The summed E-state index contributed by atoms with van der Waals surface area (Å²) in [5, 5.41) is 4.42. The van der Waals surface area contributed by atoms with E-state index in [0.29, 0.717) is 12.1 Å². The van der Waals surface area contributed by atoms with Gasteiger partial charge in [-0.25, -0.2) is 9.97 Å². The van der Waals surface area contributed by atoms with Crippen molar-refractivity contribution in [2.75, 3.05) is 6.54 Å². The van der Waals surface area contributed by atoms with Gasteiger partial charge in [0, 0.05) is 41.0 Å². The molecule has 34 heavy (non-hydrogen) atoms. The van der Waals surface area contributed by atoms with Crippen molar-refractivity contribution >= 4 is 16.7 Å². The summed E-state index contributed by atoms with van der Waals surface area (Å²) in [4.78, 5) is 25.4. The lowest BCUT2D eigenvalue weighted by Gasteiger charge is -2.18. The van der Waals surface area contributed by atoms with Crippen LogP contribution in [-0.4, -0.2) is 27.3 Å². The summed E-state index contributed by atoms with van der Waals surface area (Å²) in [5.41, 5.74) is 6.87. The highest BCUT2D eigenvalue weighted by Gasteiger charge is 2.24. The molecular formula is C29H26N4O. The molecule has 5 heteroatoms. The van der Waals surface area contributed by atoms with Gasteiger partial charge in [0.1, 0.15) is 6.33 Å². The number of rotatable bonds is 8. The minimum absolute atomic E-state index is 0.0520. The Balaban J connectivity index is 1.40. The first-order valence-electron chi connectivity index (χ1n) is 11.4. The summed E-state index contributed by atoms with van der Waals surface area (Å²) in [5.74, 6) is 0.0520. The van der Waals surface area contributed by atoms with E-state index in [1.54, 1.807) is 6.20 Å². The van der Waals surface area contributed by atoms with Crippen LogP contribution in [-0.2, 0) is 6.42 Å². The number of nitrogens with one attached hydrogen (secondary N) is 2. The van der Waals surface area contributed by atoms with Crippen LogP contribution in [0.5, 0.6) is 0 Å². The average Bonchev–Trinajstić information content (AvgIpc) is 3.32. The molecule has 0 aliphatic heterocycles. The van der Waals surface area contributed by atoms with Crippen LogP contribution in [0.1, 0.15) is 33.1 Å². The fraction of sp³-hybridized carbons (Fsp3) is 0.138. The monoisotopic (exact) mass is 446 g/mol. The van der Waals surface area contributed by atoms with Gasteiger partial charge < -0.3 is 10.3 Å². The Morgan fingerprint density at radius 2 is 1.82 bits per heavy atom. The predicted octanol–water partition coefficient (Wildman–Crippen LogP) is 5.69. The molecule has 2 aromatic heterocycles. The molecule has 0 radical (unpaired) electrons. The third kappa shape index (κ3) is 4.65. The van der Waals surface area contributed by atoms with Gasteiger partial charge in [-0.1, -0.05) is 72.3 Å². The molecule has 1 atom stereocenters. The molecular weight excluding hydrogens is 420 g/mol. The first-order valence-corrected chi connectivity index (χ1v) is 11.4. The van der Waals surface area contributed by atoms with E-state index in [9.17, 15) is 4.79 Å². The van der Waals surface area contributed by atoms with Crippen LogP contribution in [0.25, 0.3) is 22.2 Å². The SMILES string of the molecule is Cc1ccc(CCN[C@H](C(=O)c2c[nH]c3cc(-c4ccncn4)ccc23)c2ccccc2)cc1. The molecule has 0 aliphatic carbocycles. The van der Waals surface area contributed by atoms with Crippen molar-refractivity contribution in [2.45, 2.75) is 19.4 Å². The Morgan fingerprint density at radius 1 is 1.00 bits per heavy atom. The van der Waals surface area contributed by atoms with Crippen molar-refractivity contribution in [3.05, 3.63) is 120 Å². The normalized spacial score (nSPS) is 12.0. The van der Waals surface area contributed by atoms with Gasteiger partial charge in [0.05, 0.1) is 11.7 Å². The Kier molecular flexibility index (Phi) is 6.27. The minimum Gasteiger partial charge on any atom is -0.360 e. The fourth-order valence-corrected chi connectivity index (χ4v) is 4.23. The maximum Gasteiger partial charge on any atom is 0.186 e. The summed E-state index contributed by atoms with van der Waals surface area (Å²) in [6.07, 6.45) is 5.93. The maximum absolute atomic E-state index is 13.8. The number of hydrogen-bond donors (Lipinski definition) is 2. The second-order valence-corrected chi connectivity index (χ2v) is 8.46. The maximum atomic E-state index is 13.8. The molecule has 168 valence electrons. The van der Waals surface area contributed by atoms with E-state index in [1.807, 2.05) is 60.8 Å². The molecule has 0 amide bonds. The minimum atomic E-state index is -0.424. The largest absolute Gasteiger partial charge is 0.360 e. The van der Waals surface area contributed by atoms with Crippen LogP contribution in [0.4, 0.5) is 0 Å². The second-order valence-electron chi connectivity index (χ2n) is 8.46. The van der Waals surface area contributed by atoms with Gasteiger partial charge in [-0.15, -0.1) is 0 Å². The predicted molar refractivity (Wildman–Crippen MR) is 136 cm³/mol. The molecule has 2 N–H and O–H groups in total. The molecule has 0 saturated heterocycles. The molecule has 0 fully saturated rings. The van der Waals surface area contributed by atoms with E-state index in [4.69, 9.17) is 0 Å². The third-order valence-corrected chi connectivity index (χ3v) is 6.10. The quantitative estimate of drug-likeness (QED) is 0.301. The van der Waals surface area contributed by atoms with Crippen LogP contribution in [0, 0.1) is 6.92 Å². The molecule has 0 saturated carbocycles. The van der Waals surface area contributed by atoms with E-state index >= 15 is 0 Å². The molecule has 3 aromatic carbocycles. The van der Waals surface area contributed by atoms with Crippen molar-refractivity contribution in [3.8, 4) is 11.3 Å². The van der Waals surface area contributed by atoms with E-state index < -0.39 is 6.04 Å². The van der Waals surface area contributed by atoms with Crippen LogP contribution in [0.3, 0.4) is 0 Å². The van der Waals surface area contributed by atoms with Crippen LogP contribution >= 0.6 is 0 Å². The summed E-state index contributed by atoms with van der Waals surface area (Å²) >= 11 is 0. The van der Waals surface area contributed by atoms with Gasteiger partial charge in [0.15, 0.2) is 5.78 Å². The number of carbonyl (C=O) groups is 1. The number of nitrogens with zero attached hydrogens (tertiary/aromatic N) is 2. The van der Waals surface area contributed by atoms with E-state index in [1.165, 1.54) is 17.5 Å². The van der Waals surface area contributed by atoms with Crippen molar-refractivity contribution in [3.63, 3.8) is 0 Å². The molecule has 5 rings (SSSR count). The molecule has 0 bridgehead atoms. The molecule has 0 spiro atoms. The number of H-pyrrole nitrogens is 1. The number of carbonyl (C=O) groups excluding carboxylic acids is 1. The van der Waals surface area contributed by atoms with E-state index in [0.717, 1.165) is 34.1 Å². The summed E-state index contributed by atoms with van der Waals surface area (Å²) in [7, 11) is 0. The smallest absolute Gasteiger partial charge is 0.186 e. The van der Waals surface area contributed by atoms with Crippen LogP contribution in [0.2, 0.25) is 0 Å². The Morgan fingerprint density at radius 3 is 2.59 bits per heavy atom. The molecule has 0 aliphatic rings. The second kappa shape index (κ2) is 9.81. The van der Waals surface area contributed by atoms with Crippen LogP contribution in [0.15, 0.2) is 97.6 Å².